The van der Waals surface area contributed by atoms with E-state index in [-0.39, 0.29) is 5.56 Å². The van der Waals surface area contributed by atoms with Crippen LogP contribution in [0, 0.1) is 0 Å². The van der Waals surface area contributed by atoms with Gasteiger partial charge in [-0.25, -0.2) is 9.18 Å². The number of hydrogen-bond donors (Lipinski definition) is 1. The lowest BCUT2D eigenvalue weighted by Crippen LogP contribution is -2.55. The average molecular weight is 275 g/mol. The van der Waals surface area contributed by atoms with Gasteiger partial charge in [0.1, 0.15) is 5.76 Å². The number of nitrogens with zero attached hydrogens (tertiary/aromatic N) is 1. The maximum absolute atomic E-state index is 14.6. The zero-order valence-electron chi connectivity index (χ0n) is 10.8. The van der Waals surface area contributed by atoms with Crippen LogP contribution in [0.2, 0.25) is 0 Å². The molecule has 2 heterocycles. The summed E-state index contributed by atoms with van der Waals surface area (Å²) in [5, 5.41) is 8.82. The van der Waals surface area contributed by atoms with Crippen LogP contribution in [0.3, 0.4) is 0 Å². The molecule has 1 saturated heterocycles. The van der Waals surface area contributed by atoms with Crippen molar-refractivity contribution in [1.29, 1.82) is 0 Å². The number of hydrogen-bond acceptors (Lipinski definition) is 3. The summed E-state index contributed by atoms with van der Waals surface area (Å²) in [6.07, 6.45) is 1.60. The van der Waals surface area contributed by atoms with Gasteiger partial charge in [0.05, 0.1) is 18.4 Å². The molecule has 0 amide bonds. The van der Waals surface area contributed by atoms with Gasteiger partial charge in [0.15, 0.2) is 5.67 Å². The number of carboxylic acids is 1. The minimum atomic E-state index is -1.40. The largest absolute Gasteiger partial charge is 0.478 e. The van der Waals surface area contributed by atoms with Crippen LogP contribution < -0.4 is 0 Å². The van der Waals surface area contributed by atoms with Gasteiger partial charge in [-0.1, -0.05) is 12.1 Å². The molecule has 1 aromatic carbocycles. The third-order valence-corrected chi connectivity index (χ3v) is 3.56. The first kappa shape index (κ1) is 12.9. The van der Waals surface area contributed by atoms with Gasteiger partial charge in [-0.2, -0.15) is 0 Å². The molecule has 0 spiro atoms. The highest BCUT2D eigenvalue weighted by atomic mass is 19.1. The molecule has 5 heteroatoms. The van der Waals surface area contributed by atoms with Gasteiger partial charge in [-0.05, 0) is 29.8 Å². The summed E-state index contributed by atoms with van der Waals surface area (Å²) in [5.74, 6) is -0.189. The SMILES string of the molecule is O=C(O)c1ccc(C2(F)CN(Cc3ccco3)C2)cc1. The van der Waals surface area contributed by atoms with Gasteiger partial charge < -0.3 is 9.52 Å². The van der Waals surface area contributed by atoms with Crippen LogP contribution in [-0.2, 0) is 12.2 Å². The highest BCUT2D eigenvalue weighted by Crippen LogP contribution is 2.36. The van der Waals surface area contributed by atoms with Crippen LogP contribution >= 0.6 is 0 Å². The molecule has 4 nitrogen and oxygen atoms in total. The van der Waals surface area contributed by atoms with Crippen molar-refractivity contribution in [3.8, 4) is 0 Å². The van der Waals surface area contributed by atoms with Crippen molar-refractivity contribution in [1.82, 2.24) is 4.90 Å². The fourth-order valence-electron chi connectivity index (χ4n) is 2.49. The monoisotopic (exact) mass is 275 g/mol. The van der Waals surface area contributed by atoms with Gasteiger partial charge in [0, 0.05) is 13.1 Å². The standard InChI is InChI=1S/C15H14FNO3/c16-15(12-5-3-11(4-6-12)14(18)19)9-17(10-15)8-13-2-1-7-20-13/h1-7H,8-10H2,(H,18,19). The van der Waals surface area contributed by atoms with Crippen LogP contribution in [0.4, 0.5) is 4.39 Å². The van der Waals surface area contributed by atoms with Gasteiger partial charge >= 0.3 is 5.97 Å². The summed E-state index contributed by atoms with van der Waals surface area (Å²) in [5.41, 5.74) is -0.703. The summed E-state index contributed by atoms with van der Waals surface area (Å²) in [7, 11) is 0. The number of furan rings is 1. The molecule has 104 valence electrons. The molecule has 0 aliphatic carbocycles. The Bertz CT molecular complexity index is 601. The second-order valence-electron chi connectivity index (χ2n) is 5.07. The van der Waals surface area contributed by atoms with E-state index >= 15 is 0 Å². The molecule has 0 saturated carbocycles. The lowest BCUT2D eigenvalue weighted by Gasteiger charge is -2.44. The van der Waals surface area contributed by atoms with Crippen molar-refractivity contribution in [2.75, 3.05) is 13.1 Å². The fourth-order valence-corrected chi connectivity index (χ4v) is 2.49. The molecule has 0 unspecified atom stereocenters. The molecule has 1 fully saturated rings. The van der Waals surface area contributed by atoms with Crippen LogP contribution in [0.1, 0.15) is 21.7 Å². The minimum Gasteiger partial charge on any atom is -0.478 e. The van der Waals surface area contributed by atoms with Crippen molar-refractivity contribution >= 4 is 5.97 Å². The zero-order valence-corrected chi connectivity index (χ0v) is 10.8. The van der Waals surface area contributed by atoms with Crippen molar-refractivity contribution in [2.24, 2.45) is 0 Å². The van der Waals surface area contributed by atoms with Gasteiger partial charge in [0.2, 0.25) is 0 Å². The Labute approximate surface area is 115 Å². The number of carboxylic acid groups (broad SMARTS) is 1. The van der Waals surface area contributed by atoms with E-state index in [1.165, 1.54) is 12.1 Å². The van der Waals surface area contributed by atoms with Crippen LogP contribution in [0.5, 0.6) is 0 Å². The maximum atomic E-state index is 14.6. The Morgan fingerprint density at radius 2 is 2.00 bits per heavy atom. The predicted molar refractivity (Wildman–Crippen MR) is 70.2 cm³/mol. The number of carbonyl (C=O) groups is 1. The quantitative estimate of drug-likeness (QED) is 0.932. The van der Waals surface area contributed by atoms with E-state index in [1.54, 1.807) is 18.4 Å². The molecule has 1 aromatic heterocycles. The molecule has 20 heavy (non-hydrogen) atoms. The lowest BCUT2D eigenvalue weighted by atomic mass is 9.87. The maximum Gasteiger partial charge on any atom is 0.335 e. The van der Waals surface area contributed by atoms with Crippen LogP contribution in [-0.4, -0.2) is 29.1 Å². The zero-order chi connectivity index (χ0) is 14.2. The summed E-state index contributed by atoms with van der Waals surface area (Å²) in [6, 6.07) is 9.64. The smallest absolute Gasteiger partial charge is 0.335 e. The molecular weight excluding hydrogens is 261 g/mol. The van der Waals surface area contributed by atoms with Gasteiger partial charge in [-0.15, -0.1) is 0 Å². The van der Waals surface area contributed by atoms with Crippen molar-refractivity contribution in [3.63, 3.8) is 0 Å². The highest BCUT2D eigenvalue weighted by Gasteiger charge is 2.44. The molecule has 0 radical (unpaired) electrons. The molecule has 2 aromatic rings. The van der Waals surface area contributed by atoms with Crippen molar-refractivity contribution in [3.05, 3.63) is 59.5 Å². The minimum absolute atomic E-state index is 0.170. The van der Waals surface area contributed by atoms with E-state index in [2.05, 4.69) is 0 Å². The summed E-state index contributed by atoms with van der Waals surface area (Å²) in [4.78, 5) is 12.7. The normalized spacial score (nSPS) is 17.6. The number of benzene rings is 1. The number of aromatic carboxylic acids is 1. The Hall–Kier alpha value is -2.14. The third-order valence-electron chi connectivity index (χ3n) is 3.56. The number of likely N-dealkylation sites (tertiary alicyclic amines) is 1. The molecule has 1 aliphatic rings. The lowest BCUT2D eigenvalue weighted by molar-refractivity contribution is -0.0447. The van der Waals surface area contributed by atoms with Gasteiger partial charge in [0.25, 0.3) is 0 Å². The first-order valence-electron chi connectivity index (χ1n) is 6.34. The average Bonchev–Trinajstić information content (AvgIpc) is 2.90. The molecule has 0 bridgehead atoms. The molecule has 3 rings (SSSR count). The predicted octanol–water partition coefficient (Wildman–Crippen LogP) is 2.66. The van der Waals surface area contributed by atoms with Crippen molar-refractivity contribution < 1.29 is 18.7 Å². The topological polar surface area (TPSA) is 53.7 Å². The number of rotatable bonds is 4. The Balaban J connectivity index is 1.65. The molecule has 0 atom stereocenters. The van der Waals surface area contributed by atoms with Crippen LogP contribution in [0.15, 0.2) is 47.1 Å². The Morgan fingerprint density at radius 1 is 1.30 bits per heavy atom. The third kappa shape index (κ3) is 2.32. The second kappa shape index (κ2) is 4.76. The summed E-state index contributed by atoms with van der Waals surface area (Å²) >= 11 is 0. The molecular formula is C15H14FNO3. The summed E-state index contributed by atoms with van der Waals surface area (Å²) in [6.45, 7) is 1.17. The molecule has 1 aliphatic heterocycles. The van der Waals surface area contributed by atoms with Gasteiger partial charge in [-0.3, -0.25) is 4.90 Å². The first-order valence-corrected chi connectivity index (χ1v) is 6.34. The van der Waals surface area contributed by atoms with E-state index in [1.807, 2.05) is 17.0 Å². The van der Waals surface area contributed by atoms with E-state index in [0.29, 0.717) is 25.2 Å². The second-order valence-corrected chi connectivity index (χ2v) is 5.07. The van der Waals surface area contributed by atoms with E-state index in [9.17, 15) is 9.18 Å². The van der Waals surface area contributed by atoms with E-state index in [4.69, 9.17) is 9.52 Å². The first-order chi connectivity index (χ1) is 9.57. The number of halogens is 1. The Kier molecular flexibility index (Phi) is 3.06. The number of alkyl halides is 1. The highest BCUT2D eigenvalue weighted by molar-refractivity contribution is 5.87. The Morgan fingerprint density at radius 3 is 2.55 bits per heavy atom. The van der Waals surface area contributed by atoms with E-state index < -0.39 is 11.6 Å². The molecule has 1 N–H and O–H groups in total. The van der Waals surface area contributed by atoms with Crippen molar-refractivity contribution in [2.45, 2.75) is 12.2 Å². The fraction of sp³-hybridized carbons (Fsp3) is 0.267. The van der Waals surface area contributed by atoms with Crippen LogP contribution in [0.25, 0.3) is 0 Å². The van der Waals surface area contributed by atoms with E-state index in [0.717, 1.165) is 5.76 Å². The summed E-state index contributed by atoms with van der Waals surface area (Å²) < 4.78 is 19.9.